The molecule has 0 unspecified atom stereocenters. The van der Waals surface area contributed by atoms with Crippen molar-refractivity contribution in [2.75, 3.05) is 18.0 Å². The Kier molecular flexibility index (Phi) is 4.53. The number of carbonyl (C=O) groups is 2. The summed E-state index contributed by atoms with van der Waals surface area (Å²) in [6.45, 7) is 3.61. The molecule has 0 radical (unpaired) electrons. The topological polar surface area (TPSA) is 110 Å². The second-order valence-electron chi connectivity index (χ2n) is 4.29. The van der Waals surface area contributed by atoms with Crippen molar-refractivity contribution in [3.05, 3.63) is 23.8 Å². The number of nitrogens with two attached hydrogens (primary N) is 2. The van der Waals surface area contributed by atoms with Gasteiger partial charge < -0.3 is 22.1 Å². The second kappa shape index (κ2) is 5.90. The second-order valence-corrected chi connectivity index (χ2v) is 4.29. The minimum atomic E-state index is -0.382. The van der Waals surface area contributed by atoms with E-state index in [0.29, 0.717) is 16.9 Å². The number of hydrogen-bond acceptors (Lipinski definition) is 4. The molecule has 0 spiro atoms. The maximum absolute atomic E-state index is 11.7. The summed E-state index contributed by atoms with van der Waals surface area (Å²) < 4.78 is 0. The third kappa shape index (κ3) is 4.32. The van der Waals surface area contributed by atoms with Gasteiger partial charge >= 0.3 is 0 Å². The molecule has 0 aliphatic carbocycles. The Hall–Kier alpha value is -2.24. The fourth-order valence-electron chi connectivity index (χ4n) is 1.44. The van der Waals surface area contributed by atoms with Crippen LogP contribution in [0.2, 0.25) is 0 Å². The molecule has 6 nitrogen and oxygen atoms in total. The molecule has 0 saturated heterocycles. The third-order valence-corrected chi connectivity index (χ3v) is 2.10. The van der Waals surface area contributed by atoms with E-state index in [1.54, 1.807) is 6.07 Å². The largest absolute Gasteiger partial charge is 0.399 e. The molecule has 0 fully saturated rings. The van der Waals surface area contributed by atoms with Crippen LogP contribution in [0.5, 0.6) is 0 Å². The van der Waals surface area contributed by atoms with E-state index in [0.717, 1.165) is 0 Å². The van der Waals surface area contributed by atoms with Gasteiger partial charge in [0.25, 0.3) is 5.91 Å². The molecule has 18 heavy (non-hydrogen) atoms. The van der Waals surface area contributed by atoms with E-state index in [1.807, 2.05) is 13.8 Å². The first kappa shape index (κ1) is 13.8. The highest BCUT2D eigenvalue weighted by molar-refractivity contribution is 5.98. The summed E-state index contributed by atoms with van der Waals surface area (Å²) in [6, 6.07) is 4.61. The molecule has 0 aliphatic rings. The maximum atomic E-state index is 11.7. The molecule has 0 aliphatic heterocycles. The van der Waals surface area contributed by atoms with Crippen LogP contribution in [0.25, 0.3) is 0 Å². The lowest BCUT2D eigenvalue weighted by Crippen LogP contribution is -2.39. The average molecular weight is 250 g/mol. The molecule has 0 saturated carbocycles. The van der Waals surface area contributed by atoms with Gasteiger partial charge in [0.1, 0.15) is 0 Å². The predicted molar refractivity (Wildman–Crippen MR) is 70.9 cm³/mol. The Bertz CT molecular complexity index is 437. The van der Waals surface area contributed by atoms with Gasteiger partial charge in [-0.1, -0.05) is 0 Å². The fourth-order valence-corrected chi connectivity index (χ4v) is 1.44. The van der Waals surface area contributed by atoms with Crippen molar-refractivity contribution in [3.8, 4) is 0 Å². The van der Waals surface area contributed by atoms with Gasteiger partial charge in [-0.15, -0.1) is 0 Å². The van der Waals surface area contributed by atoms with E-state index in [9.17, 15) is 9.59 Å². The monoisotopic (exact) mass is 250 g/mol. The first-order valence-electron chi connectivity index (χ1n) is 5.62. The molecule has 0 atom stereocenters. The number of nitrogen functional groups attached to an aromatic ring is 2. The van der Waals surface area contributed by atoms with E-state index >= 15 is 0 Å². The molecule has 6 heteroatoms. The van der Waals surface area contributed by atoms with Crippen LogP contribution in [0, 0.1) is 0 Å². The van der Waals surface area contributed by atoms with Crippen LogP contribution in [0.1, 0.15) is 24.2 Å². The van der Waals surface area contributed by atoms with Gasteiger partial charge in [0.05, 0.1) is 6.54 Å². The lowest BCUT2D eigenvalue weighted by molar-refractivity contribution is -0.120. The lowest BCUT2D eigenvalue weighted by Gasteiger charge is -2.09. The Morgan fingerprint density at radius 3 is 2.22 bits per heavy atom. The first-order chi connectivity index (χ1) is 8.38. The van der Waals surface area contributed by atoms with Crippen molar-refractivity contribution in [2.24, 2.45) is 0 Å². The van der Waals surface area contributed by atoms with Crippen molar-refractivity contribution in [1.82, 2.24) is 10.6 Å². The van der Waals surface area contributed by atoms with Crippen molar-refractivity contribution in [1.29, 1.82) is 0 Å². The summed E-state index contributed by atoms with van der Waals surface area (Å²) in [6.07, 6.45) is 0. The van der Waals surface area contributed by atoms with E-state index in [4.69, 9.17) is 11.5 Å². The summed E-state index contributed by atoms with van der Waals surface area (Å²) in [4.78, 5) is 23.1. The summed E-state index contributed by atoms with van der Waals surface area (Å²) in [5.74, 6) is -0.622. The molecule has 2 amide bonds. The minimum Gasteiger partial charge on any atom is -0.399 e. The zero-order valence-electron chi connectivity index (χ0n) is 10.5. The van der Waals surface area contributed by atoms with Crippen LogP contribution in [-0.2, 0) is 4.79 Å². The van der Waals surface area contributed by atoms with Crippen molar-refractivity contribution < 1.29 is 9.59 Å². The highest BCUT2D eigenvalue weighted by Crippen LogP contribution is 2.13. The first-order valence-corrected chi connectivity index (χ1v) is 5.62. The Morgan fingerprint density at radius 2 is 1.72 bits per heavy atom. The minimum absolute atomic E-state index is 0.0393. The van der Waals surface area contributed by atoms with Crippen LogP contribution >= 0.6 is 0 Å². The molecular formula is C12H18N4O2. The quantitative estimate of drug-likeness (QED) is 0.568. The van der Waals surface area contributed by atoms with Crippen LogP contribution in [0.15, 0.2) is 18.2 Å². The van der Waals surface area contributed by atoms with Crippen LogP contribution in [0.4, 0.5) is 11.4 Å². The highest BCUT2D eigenvalue weighted by atomic mass is 16.2. The van der Waals surface area contributed by atoms with E-state index in [1.165, 1.54) is 12.1 Å². The van der Waals surface area contributed by atoms with Crippen molar-refractivity contribution in [3.63, 3.8) is 0 Å². The van der Waals surface area contributed by atoms with Gasteiger partial charge in [0, 0.05) is 23.0 Å². The van der Waals surface area contributed by atoms with Crippen LogP contribution in [-0.4, -0.2) is 24.4 Å². The summed E-state index contributed by atoms with van der Waals surface area (Å²) in [7, 11) is 0. The average Bonchev–Trinajstić information content (AvgIpc) is 2.23. The normalized spacial score (nSPS) is 10.2. The summed E-state index contributed by atoms with van der Waals surface area (Å²) in [5, 5.41) is 5.17. The molecule has 98 valence electrons. The third-order valence-electron chi connectivity index (χ3n) is 2.10. The molecular weight excluding hydrogens is 232 g/mol. The number of rotatable bonds is 4. The van der Waals surface area contributed by atoms with Crippen LogP contribution < -0.4 is 22.1 Å². The number of carbonyl (C=O) groups excluding carboxylic acids is 2. The molecule has 0 aromatic heterocycles. The summed E-state index contributed by atoms with van der Waals surface area (Å²) in [5.41, 5.74) is 12.3. The molecule has 0 heterocycles. The smallest absolute Gasteiger partial charge is 0.251 e. The fraction of sp³-hybridized carbons (Fsp3) is 0.333. The van der Waals surface area contributed by atoms with Crippen LogP contribution in [0.3, 0.4) is 0 Å². The van der Waals surface area contributed by atoms with Crippen molar-refractivity contribution in [2.45, 2.75) is 19.9 Å². The number of amides is 2. The molecule has 0 bridgehead atoms. The molecule has 1 aromatic carbocycles. The predicted octanol–water partition coefficient (Wildman–Crippen LogP) is 0.105. The van der Waals surface area contributed by atoms with Crippen molar-refractivity contribution >= 4 is 23.2 Å². The standard InChI is InChI=1S/C12H18N4O2/c1-7(2)16-11(17)6-15-12(18)8-3-9(13)5-10(14)4-8/h3-5,7H,6,13-14H2,1-2H3,(H,15,18)(H,16,17). The molecule has 1 rings (SSSR count). The number of nitrogens with one attached hydrogen (secondary N) is 2. The SMILES string of the molecule is CC(C)NC(=O)CNC(=O)c1cc(N)cc(N)c1. The van der Waals surface area contributed by atoms with Gasteiger partial charge in [-0.2, -0.15) is 0 Å². The Morgan fingerprint density at radius 1 is 1.17 bits per heavy atom. The zero-order chi connectivity index (χ0) is 13.7. The maximum Gasteiger partial charge on any atom is 0.251 e. The van der Waals surface area contributed by atoms with Gasteiger partial charge in [-0.25, -0.2) is 0 Å². The van der Waals surface area contributed by atoms with Gasteiger partial charge in [0.2, 0.25) is 5.91 Å². The van der Waals surface area contributed by atoms with E-state index in [-0.39, 0.29) is 24.4 Å². The van der Waals surface area contributed by atoms with E-state index < -0.39 is 0 Å². The van der Waals surface area contributed by atoms with Gasteiger partial charge in [-0.05, 0) is 32.0 Å². The number of anilines is 2. The van der Waals surface area contributed by atoms with Gasteiger partial charge in [-0.3, -0.25) is 9.59 Å². The number of benzene rings is 1. The zero-order valence-corrected chi connectivity index (χ0v) is 10.5. The Labute approximate surface area is 106 Å². The lowest BCUT2D eigenvalue weighted by atomic mass is 10.1. The molecule has 6 N–H and O–H groups in total. The van der Waals surface area contributed by atoms with Gasteiger partial charge in [0.15, 0.2) is 0 Å². The molecule has 1 aromatic rings. The summed E-state index contributed by atoms with van der Waals surface area (Å²) >= 11 is 0. The highest BCUT2D eigenvalue weighted by Gasteiger charge is 2.09. The number of hydrogen-bond donors (Lipinski definition) is 4. The van der Waals surface area contributed by atoms with E-state index in [2.05, 4.69) is 10.6 Å². The Balaban J connectivity index is 2.58.